The Labute approximate surface area is 96.7 Å². The van der Waals surface area contributed by atoms with E-state index >= 15 is 0 Å². The summed E-state index contributed by atoms with van der Waals surface area (Å²) in [5, 5.41) is 11.1. The number of carboxylic acid groups (broad SMARTS) is 1. The second kappa shape index (κ2) is 4.25. The van der Waals surface area contributed by atoms with Crippen molar-refractivity contribution >= 4 is 22.9 Å². The summed E-state index contributed by atoms with van der Waals surface area (Å²) < 4.78 is 0. The number of carbonyl (C=O) groups excluding carboxylic acids is 1. The van der Waals surface area contributed by atoms with E-state index in [0.717, 1.165) is 5.52 Å². The Morgan fingerprint density at radius 1 is 1.47 bits per heavy atom. The summed E-state index contributed by atoms with van der Waals surface area (Å²) in [5.74, 6) is -1.50. The standard InChI is InChI=1S/C11H11N3O3/c1-6(11(16)17)14-10(15)7-2-3-8-9(4-7)13-5-12-8/h2-6H,1H3,(H,12,13)(H,14,15)(H,16,17). The summed E-state index contributed by atoms with van der Waals surface area (Å²) in [6.07, 6.45) is 1.53. The molecule has 0 saturated carbocycles. The number of aliphatic carboxylic acids is 1. The zero-order valence-electron chi connectivity index (χ0n) is 9.10. The first kappa shape index (κ1) is 11.1. The van der Waals surface area contributed by atoms with Crippen LogP contribution in [0.2, 0.25) is 0 Å². The van der Waals surface area contributed by atoms with Crippen LogP contribution in [0.3, 0.4) is 0 Å². The maximum atomic E-state index is 11.7. The molecule has 6 nitrogen and oxygen atoms in total. The molecule has 0 aliphatic rings. The number of fused-ring (bicyclic) bond motifs is 1. The highest BCUT2D eigenvalue weighted by Crippen LogP contribution is 2.11. The highest BCUT2D eigenvalue weighted by Gasteiger charge is 2.15. The van der Waals surface area contributed by atoms with E-state index in [-0.39, 0.29) is 0 Å². The average Bonchev–Trinajstić information content (AvgIpc) is 2.75. The molecular weight excluding hydrogens is 222 g/mol. The van der Waals surface area contributed by atoms with Crippen LogP contribution in [0.5, 0.6) is 0 Å². The van der Waals surface area contributed by atoms with Crippen LogP contribution >= 0.6 is 0 Å². The molecule has 1 atom stereocenters. The molecule has 0 aliphatic carbocycles. The van der Waals surface area contributed by atoms with Gasteiger partial charge in [0.2, 0.25) is 0 Å². The lowest BCUT2D eigenvalue weighted by Gasteiger charge is -2.08. The predicted octanol–water partition coefficient (Wildman–Crippen LogP) is 0.766. The third-order valence-corrected chi connectivity index (χ3v) is 2.40. The van der Waals surface area contributed by atoms with E-state index in [1.165, 1.54) is 13.3 Å². The first-order chi connectivity index (χ1) is 8.08. The van der Waals surface area contributed by atoms with Gasteiger partial charge in [0.05, 0.1) is 17.4 Å². The molecule has 17 heavy (non-hydrogen) atoms. The van der Waals surface area contributed by atoms with Crippen molar-refractivity contribution in [1.82, 2.24) is 15.3 Å². The molecule has 1 unspecified atom stereocenters. The lowest BCUT2D eigenvalue weighted by Crippen LogP contribution is -2.38. The number of rotatable bonds is 3. The number of carbonyl (C=O) groups is 2. The van der Waals surface area contributed by atoms with Gasteiger partial charge in [-0.05, 0) is 25.1 Å². The molecule has 1 aromatic heterocycles. The Kier molecular flexibility index (Phi) is 2.78. The van der Waals surface area contributed by atoms with E-state index in [9.17, 15) is 9.59 Å². The Hall–Kier alpha value is -2.37. The van der Waals surface area contributed by atoms with Crippen LogP contribution < -0.4 is 5.32 Å². The number of imidazole rings is 1. The number of benzene rings is 1. The molecule has 0 aliphatic heterocycles. The minimum absolute atomic E-state index is 0.387. The van der Waals surface area contributed by atoms with E-state index in [1.54, 1.807) is 18.2 Å². The van der Waals surface area contributed by atoms with Crippen LogP contribution in [0.1, 0.15) is 17.3 Å². The van der Waals surface area contributed by atoms with E-state index in [1.807, 2.05) is 0 Å². The zero-order valence-corrected chi connectivity index (χ0v) is 9.10. The number of aromatic amines is 1. The molecule has 3 N–H and O–H groups in total. The minimum Gasteiger partial charge on any atom is -0.480 e. The summed E-state index contributed by atoms with van der Waals surface area (Å²) in [4.78, 5) is 29.2. The Balaban J connectivity index is 2.21. The van der Waals surface area contributed by atoms with Gasteiger partial charge in [0.15, 0.2) is 0 Å². The Morgan fingerprint density at radius 3 is 2.94 bits per heavy atom. The third kappa shape index (κ3) is 2.25. The van der Waals surface area contributed by atoms with E-state index < -0.39 is 17.9 Å². The summed E-state index contributed by atoms with van der Waals surface area (Å²) >= 11 is 0. The fourth-order valence-corrected chi connectivity index (χ4v) is 1.41. The van der Waals surface area contributed by atoms with Crippen LogP contribution in [-0.2, 0) is 4.79 Å². The normalized spacial score (nSPS) is 12.3. The first-order valence-electron chi connectivity index (χ1n) is 5.05. The molecule has 0 bridgehead atoms. The van der Waals surface area contributed by atoms with Gasteiger partial charge < -0.3 is 15.4 Å². The average molecular weight is 233 g/mol. The maximum absolute atomic E-state index is 11.7. The van der Waals surface area contributed by atoms with Crippen molar-refractivity contribution in [2.45, 2.75) is 13.0 Å². The largest absolute Gasteiger partial charge is 0.480 e. The minimum atomic E-state index is -1.07. The van der Waals surface area contributed by atoms with Crippen LogP contribution in [0.15, 0.2) is 24.5 Å². The number of nitrogens with zero attached hydrogens (tertiary/aromatic N) is 1. The maximum Gasteiger partial charge on any atom is 0.325 e. The molecule has 0 spiro atoms. The van der Waals surface area contributed by atoms with E-state index in [2.05, 4.69) is 15.3 Å². The highest BCUT2D eigenvalue weighted by atomic mass is 16.4. The number of amides is 1. The number of carboxylic acids is 1. The number of hydrogen-bond acceptors (Lipinski definition) is 3. The zero-order chi connectivity index (χ0) is 12.4. The summed E-state index contributed by atoms with van der Waals surface area (Å²) in [5.41, 5.74) is 1.88. The van der Waals surface area contributed by atoms with Gasteiger partial charge in [-0.15, -0.1) is 0 Å². The number of aromatic nitrogens is 2. The molecular formula is C11H11N3O3. The fraction of sp³-hybridized carbons (Fsp3) is 0.182. The molecule has 1 aromatic carbocycles. The van der Waals surface area contributed by atoms with Crippen LogP contribution in [0, 0.1) is 0 Å². The van der Waals surface area contributed by atoms with Gasteiger partial charge in [0.1, 0.15) is 6.04 Å². The molecule has 1 heterocycles. The summed E-state index contributed by atoms with van der Waals surface area (Å²) in [7, 11) is 0. The second-order valence-corrected chi connectivity index (χ2v) is 3.67. The second-order valence-electron chi connectivity index (χ2n) is 3.67. The van der Waals surface area contributed by atoms with Crippen molar-refractivity contribution in [3.63, 3.8) is 0 Å². The highest BCUT2D eigenvalue weighted by molar-refractivity contribution is 5.98. The van der Waals surface area contributed by atoms with Gasteiger partial charge in [0.25, 0.3) is 5.91 Å². The van der Waals surface area contributed by atoms with Crippen molar-refractivity contribution in [2.75, 3.05) is 0 Å². The van der Waals surface area contributed by atoms with Crippen LogP contribution in [0.25, 0.3) is 11.0 Å². The summed E-state index contributed by atoms with van der Waals surface area (Å²) in [6, 6.07) is 4.03. The van der Waals surface area contributed by atoms with Gasteiger partial charge in [-0.2, -0.15) is 0 Å². The summed E-state index contributed by atoms with van der Waals surface area (Å²) in [6.45, 7) is 1.41. The van der Waals surface area contributed by atoms with Crippen molar-refractivity contribution in [3.8, 4) is 0 Å². The molecule has 88 valence electrons. The topological polar surface area (TPSA) is 95.1 Å². The van der Waals surface area contributed by atoms with E-state index in [0.29, 0.717) is 11.1 Å². The SMILES string of the molecule is CC(NC(=O)c1ccc2[nH]cnc2c1)C(=O)O. The lowest BCUT2D eigenvalue weighted by atomic mass is 10.2. The molecule has 1 amide bonds. The lowest BCUT2D eigenvalue weighted by molar-refractivity contribution is -0.138. The van der Waals surface area contributed by atoms with Crippen LogP contribution in [0.4, 0.5) is 0 Å². The van der Waals surface area contributed by atoms with Gasteiger partial charge in [-0.25, -0.2) is 4.98 Å². The van der Waals surface area contributed by atoms with Gasteiger partial charge in [-0.3, -0.25) is 9.59 Å². The molecule has 2 rings (SSSR count). The van der Waals surface area contributed by atoms with E-state index in [4.69, 9.17) is 5.11 Å². The van der Waals surface area contributed by atoms with Gasteiger partial charge in [0, 0.05) is 5.56 Å². The third-order valence-electron chi connectivity index (χ3n) is 2.40. The van der Waals surface area contributed by atoms with Crippen molar-refractivity contribution in [2.24, 2.45) is 0 Å². The Morgan fingerprint density at radius 2 is 2.24 bits per heavy atom. The number of H-pyrrole nitrogens is 1. The van der Waals surface area contributed by atoms with Crippen molar-refractivity contribution in [1.29, 1.82) is 0 Å². The Bertz CT molecular complexity index is 576. The number of nitrogens with one attached hydrogen (secondary N) is 2. The van der Waals surface area contributed by atoms with Gasteiger partial charge in [-0.1, -0.05) is 0 Å². The smallest absolute Gasteiger partial charge is 0.325 e. The number of hydrogen-bond donors (Lipinski definition) is 3. The van der Waals surface area contributed by atoms with Gasteiger partial charge >= 0.3 is 5.97 Å². The molecule has 0 saturated heterocycles. The quantitative estimate of drug-likeness (QED) is 0.729. The van der Waals surface area contributed by atoms with Crippen molar-refractivity contribution in [3.05, 3.63) is 30.1 Å². The molecule has 0 radical (unpaired) electrons. The fourth-order valence-electron chi connectivity index (χ4n) is 1.41. The monoisotopic (exact) mass is 233 g/mol. The first-order valence-corrected chi connectivity index (χ1v) is 5.05. The molecule has 2 aromatic rings. The molecule has 6 heteroatoms. The predicted molar refractivity (Wildman–Crippen MR) is 60.7 cm³/mol. The van der Waals surface area contributed by atoms with Crippen molar-refractivity contribution < 1.29 is 14.7 Å². The molecule has 0 fully saturated rings. The van der Waals surface area contributed by atoms with Crippen LogP contribution in [-0.4, -0.2) is 33.0 Å².